The summed E-state index contributed by atoms with van der Waals surface area (Å²) < 4.78 is 2.40. The molecule has 3 aliphatic rings. The Morgan fingerprint density at radius 2 is 1.88 bits per heavy atom. The first-order valence-electron chi connectivity index (χ1n) is 8.73. The lowest BCUT2D eigenvalue weighted by atomic mass is 9.41. The highest BCUT2D eigenvalue weighted by Crippen LogP contribution is 2.66. The highest BCUT2D eigenvalue weighted by Gasteiger charge is 2.61. The molecule has 1 N–H and O–H groups in total. The predicted octanol–water partition coefficient (Wildman–Crippen LogP) is 2.03. The van der Waals surface area contributed by atoms with E-state index in [0.29, 0.717) is 10.8 Å². The van der Waals surface area contributed by atoms with E-state index in [-0.39, 0.29) is 24.0 Å². The van der Waals surface area contributed by atoms with Crippen molar-refractivity contribution in [3.63, 3.8) is 0 Å². The molecule has 3 saturated carbocycles. The van der Waals surface area contributed by atoms with Gasteiger partial charge in [-0.05, 0) is 48.6 Å². The van der Waals surface area contributed by atoms with Crippen molar-refractivity contribution < 1.29 is 28.5 Å². The van der Waals surface area contributed by atoms with Crippen LogP contribution >= 0.6 is 11.3 Å². The average molecular weight is 454 g/mol. The number of nitrogens with zero attached hydrogens (tertiary/aromatic N) is 1. The van der Waals surface area contributed by atoms with Gasteiger partial charge in [0.05, 0.1) is 12.4 Å². The van der Waals surface area contributed by atoms with Gasteiger partial charge >= 0.3 is 0 Å². The van der Waals surface area contributed by atoms with E-state index in [1.807, 2.05) is 11.3 Å². The Kier molecular flexibility index (Phi) is 4.75. The lowest BCUT2D eigenvalue weighted by Crippen LogP contribution is -3.00. The maximum atomic E-state index is 3.57. The molecule has 4 heteroatoms. The molecule has 3 aliphatic carbocycles. The number of para-hydroxylation sites is 1. The number of nitrogens with one attached hydrogen (secondary N) is 1. The minimum absolute atomic E-state index is 0. The van der Waals surface area contributed by atoms with Crippen molar-refractivity contribution in [1.29, 1.82) is 0 Å². The van der Waals surface area contributed by atoms with Crippen LogP contribution in [-0.4, -0.2) is 0 Å². The second-order valence-electron chi connectivity index (χ2n) is 8.24. The summed E-state index contributed by atoms with van der Waals surface area (Å²) >= 11 is 1.93. The molecule has 3 atom stereocenters. The van der Waals surface area contributed by atoms with Gasteiger partial charge in [-0.2, -0.15) is 0 Å². The summed E-state index contributed by atoms with van der Waals surface area (Å²) in [7, 11) is 2.22. The van der Waals surface area contributed by atoms with Crippen LogP contribution in [0, 0.1) is 17.3 Å². The SMILES string of the molecule is C[n+]1c(Nc2ccccc2)csc1[C@]1(C)CCC2CC1C2(C)C.[I-]. The van der Waals surface area contributed by atoms with Crippen LogP contribution in [0.15, 0.2) is 35.7 Å². The monoisotopic (exact) mass is 454 g/mol. The van der Waals surface area contributed by atoms with E-state index < -0.39 is 0 Å². The normalized spacial score (nSPS) is 30.2. The molecule has 1 aromatic carbocycles. The van der Waals surface area contributed by atoms with Gasteiger partial charge in [-0.1, -0.05) is 50.3 Å². The van der Waals surface area contributed by atoms with Crippen LogP contribution in [0.5, 0.6) is 0 Å². The van der Waals surface area contributed by atoms with Crippen LogP contribution in [0.3, 0.4) is 0 Å². The van der Waals surface area contributed by atoms with Crippen LogP contribution in [0.2, 0.25) is 0 Å². The van der Waals surface area contributed by atoms with E-state index in [1.165, 1.54) is 30.1 Å². The zero-order valence-corrected chi connectivity index (χ0v) is 17.9. The number of rotatable bonds is 3. The molecule has 5 rings (SSSR count). The maximum Gasteiger partial charge on any atom is 0.290 e. The van der Waals surface area contributed by atoms with Crippen molar-refractivity contribution >= 4 is 22.8 Å². The molecule has 24 heavy (non-hydrogen) atoms. The Bertz CT molecular complexity index is 722. The van der Waals surface area contributed by atoms with Gasteiger partial charge < -0.3 is 24.0 Å². The number of aromatic nitrogens is 1. The molecule has 1 aromatic heterocycles. The predicted molar refractivity (Wildman–Crippen MR) is 97.2 cm³/mol. The standard InChI is InChI=1S/C20H27N2S.HI/c1-19(2)14-10-11-20(3,16(19)12-14)18-22(4)17(13-23-18)21-15-8-6-5-7-9-15;/h5-9,13-14,16,21H,10-12H2,1-4H3;1H/q+1;/p-1/t14?,16?,20-;/m1./s1. The fraction of sp³-hybridized carbons (Fsp3) is 0.550. The maximum absolute atomic E-state index is 3.57. The minimum Gasteiger partial charge on any atom is -1.00 e. The van der Waals surface area contributed by atoms with Crippen LogP contribution < -0.4 is 33.9 Å². The van der Waals surface area contributed by atoms with E-state index in [9.17, 15) is 0 Å². The minimum atomic E-state index is 0. The van der Waals surface area contributed by atoms with Gasteiger partial charge in [-0.3, -0.25) is 0 Å². The topological polar surface area (TPSA) is 15.9 Å². The summed E-state index contributed by atoms with van der Waals surface area (Å²) in [5.74, 6) is 2.98. The number of hydrogen-bond acceptors (Lipinski definition) is 2. The molecule has 2 nitrogen and oxygen atoms in total. The van der Waals surface area contributed by atoms with Crippen molar-refractivity contribution in [2.45, 2.75) is 45.4 Å². The second kappa shape index (κ2) is 6.27. The summed E-state index contributed by atoms with van der Waals surface area (Å²) in [6.07, 6.45) is 4.15. The summed E-state index contributed by atoms with van der Waals surface area (Å²) in [6, 6.07) is 10.5. The molecule has 2 bridgehead atoms. The smallest absolute Gasteiger partial charge is 0.290 e. The van der Waals surface area contributed by atoms with Crippen molar-refractivity contribution in [3.8, 4) is 0 Å². The highest BCUT2D eigenvalue weighted by molar-refractivity contribution is 7.09. The Labute approximate surface area is 166 Å². The second-order valence-corrected chi connectivity index (χ2v) is 9.10. The van der Waals surface area contributed by atoms with Gasteiger partial charge in [0, 0.05) is 5.41 Å². The van der Waals surface area contributed by atoms with Crippen molar-refractivity contribution in [2.75, 3.05) is 5.32 Å². The third kappa shape index (κ3) is 2.61. The fourth-order valence-electron chi connectivity index (χ4n) is 5.17. The number of benzene rings is 1. The Hall–Kier alpha value is -0.620. The number of halogens is 1. The van der Waals surface area contributed by atoms with Crippen LogP contribution in [-0.2, 0) is 12.5 Å². The van der Waals surface area contributed by atoms with E-state index in [1.54, 1.807) is 0 Å². The molecule has 0 radical (unpaired) electrons. The summed E-state index contributed by atoms with van der Waals surface area (Å²) in [5, 5.41) is 7.39. The number of hydrogen-bond donors (Lipinski definition) is 1. The molecule has 0 saturated heterocycles. The van der Waals surface area contributed by atoms with Crippen LogP contribution in [0.4, 0.5) is 11.5 Å². The van der Waals surface area contributed by atoms with Gasteiger partial charge in [0.15, 0.2) is 5.01 Å². The van der Waals surface area contributed by atoms with Gasteiger partial charge in [0.25, 0.3) is 5.82 Å². The molecule has 2 unspecified atom stereocenters. The van der Waals surface area contributed by atoms with Crippen molar-refractivity contribution in [2.24, 2.45) is 24.3 Å². The van der Waals surface area contributed by atoms with E-state index in [2.05, 4.69) is 73.4 Å². The molecule has 0 spiro atoms. The number of thiazole rings is 1. The van der Waals surface area contributed by atoms with E-state index in [4.69, 9.17) is 0 Å². The summed E-state index contributed by atoms with van der Waals surface area (Å²) in [4.78, 5) is 0. The molecule has 3 fully saturated rings. The molecule has 130 valence electrons. The van der Waals surface area contributed by atoms with Gasteiger partial charge in [0.2, 0.25) is 0 Å². The van der Waals surface area contributed by atoms with Crippen molar-refractivity contribution in [3.05, 3.63) is 40.7 Å². The molecule has 0 amide bonds. The Morgan fingerprint density at radius 1 is 1.17 bits per heavy atom. The molecule has 1 heterocycles. The molecular weight excluding hydrogens is 427 g/mol. The Balaban J connectivity index is 0.00000169. The summed E-state index contributed by atoms with van der Waals surface area (Å²) in [5.41, 5.74) is 2.00. The zero-order chi connectivity index (χ0) is 16.2. The van der Waals surface area contributed by atoms with E-state index >= 15 is 0 Å². The lowest BCUT2D eigenvalue weighted by molar-refractivity contribution is -0.664. The first-order chi connectivity index (χ1) is 10.9. The lowest BCUT2D eigenvalue weighted by Gasteiger charge is -2.63. The Morgan fingerprint density at radius 3 is 2.50 bits per heavy atom. The number of anilines is 2. The third-order valence-corrected chi connectivity index (χ3v) is 8.04. The fourth-order valence-corrected chi connectivity index (χ4v) is 6.38. The third-order valence-electron chi connectivity index (χ3n) is 6.73. The van der Waals surface area contributed by atoms with Gasteiger partial charge in [0.1, 0.15) is 5.69 Å². The van der Waals surface area contributed by atoms with E-state index in [0.717, 1.165) is 17.5 Å². The first-order valence-corrected chi connectivity index (χ1v) is 9.61. The first kappa shape index (κ1) is 18.2. The molecular formula is C20H27IN2S. The van der Waals surface area contributed by atoms with Gasteiger partial charge in [-0.25, -0.2) is 9.88 Å². The highest BCUT2D eigenvalue weighted by atomic mass is 127. The molecule has 0 aliphatic heterocycles. The molecule has 2 aromatic rings. The largest absolute Gasteiger partial charge is 1.00 e. The quantitative estimate of drug-likeness (QED) is 0.555. The van der Waals surface area contributed by atoms with Crippen molar-refractivity contribution in [1.82, 2.24) is 0 Å². The van der Waals surface area contributed by atoms with Crippen LogP contribution in [0.1, 0.15) is 45.0 Å². The average Bonchev–Trinajstić information content (AvgIpc) is 2.90. The number of fused-ring (bicyclic) bond motifs is 2. The van der Waals surface area contributed by atoms with Gasteiger partial charge in [-0.15, -0.1) is 0 Å². The summed E-state index contributed by atoms with van der Waals surface area (Å²) in [6.45, 7) is 7.48. The van der Waals surface area contributed by atoms with Crippen LogP contribution in [0.25, 0.3) is 0 Å². The zero-order valence-electron chi connectivity index (χ0n) is 15.0.